The van der Waals surface area contributed by atoms with Gasteiger partial charge in [-0.05, 0) is 25.0 Å². The number of benzene rings is 1. The minimum atomic E-state index is -0.181. The monoisotopic (exact) mass is 249 g/mol. The lowest BCUT2D eigenvalue weighted by Crippen LogP contribution is -2.47. The maximum Gasteiger partial charge on any atom is 0.129 e. The molecule has 2 aliphatic rings. The second-order valence-electron chi connectivity index (χ2n) is 5.20. The highest BCUT2D eigenvalue weighted by Gasteiger charge is 2.31. The number of halogens is 1. The summed E-state index contributed by atoms with van der Waals surface area (Å²) in [6.07, 6.45) is 2.71. The maximum atomic E-state index is 13.7. The van der Waals surface area contributed by atoms with Gasteiger partial charge in [-0.15, -0.1) is 0 Å². The molecule has 0 bridgehead atoms. The molecule has 2 N–H and O–H groups in total. The zero-order valence-electron chi connectivity index (χ0n) is 10.6. The molecule has 0 spiro atoms. The van der Waals surface area contributed by atoms with Crippen molar-refractivity contribution in [3.05, 3.63) is 29.6 Å². The Kier molecular flexibility index (Phi) is 3.22. The maximum absolute atomic E-state index is 13.7. The molecular weight excluding hydrogens is 229 g/mol. The van der Waals surface area contributed by atoms with E-state index in [9.17, 15) is 4.39 Å². The second kappa shape index (κ2) is 4.86. The van der Waals surface area contributed by atoms with Gasteiger partial charge in [-0.25, -0.2) is 4.39 Å². The average molecular weight is 249 g/mol. The van der Waals surface area contributed by atoms with Gasteiger partial charge < -0.3 is 10.6 Å². The quantitative estimate of drug-likeness (QED) is 0.882. The molecule has 1 saturated carbocycles. The molecule has 18 heavy (non-hydrogen) atoms. The Morgan fingerprint density at radius 3 is 2.50 bits per heavy atom. The third-order valence-electron chi connectivity index (χ3n) is 4.02. The van der Waals surface area contributed by atoms with Crippen LogP contribution in [0.3, 0.4) is 0 Å². The Bertz CT molecular complexity index is 423. The van der Waals surface area contributed by atoms with Crippen molar-refractivity contribution < 1.29 is 4.39 Å². The minimum absolute atomic E-state index is 0.181. The van der Waals surface area contributed by atoms with E-state index in [0.29, 0.717) is 5.56 Å². The molecule has 1 aromatic rings. The van der Waals surface area contributed by atoms with Crippen molar-refractivity contribution in [2.24, 2.45) is 5.73 Å². The van der Waals surface area contributed by atoms with Crippen LogP contribution in [0, 0.1) is 5.82 Å². The van der Waals surface area contributed by atoms with Crippen LogP contribution in [-0.2, 0) is 6.54 Å². The Morgan fingerprint density at radius 1 is 1.17 bits per heavy atom. The summed E-state index contributed by atoms with van der Waals surface area (Å²) in [5.41, 5.74) is 7.30. The minimum Gasteiger partial charge on any atom is -0.369 e. The molecule has 0 aromatic heterocycles. The highest BCUT2D eigenvalue weighted by molar-refractivity contribution is 5.54. The molecule has 98 valence electrons. The van der Waals surface area contributed by atoms with Crippen molar-refractivity contribution >= 4 is 5.69 Å². The molecule has 1 aliphatic heterocycles. The Morgan fingerprint density at radius 2 is 1.89 bits per heavy atom. The first-order chi connectivity index (χ1) is 8.79. The molecule has 0 atom stereocenters. The second-order valence-corrected chi connectivity index (χ2v) is 5.20. The zero-order chi connectivity index (χ0) is 12.5. The van der Waals surface area contributed by atoms with E-state index >= 15 is 0 Å². The van der Waals surface area contributed by atoms with E-state index in [1.165, 1.54) is 18.9 Å². The van der Waals surface area contributed by atoms with Gasteiger partial charge in [-0.1, -0.05) is 6.07 Å². The van der Waals surface area contributed by atoms with Gasteiger partial charge in [0.1, 0.15) is 5.82 Å². The fourth-order valence-electron chi connectivity index (χ4n) is 2.81. The van der Waals surface area contributed by atoms with Gasteiger partial charge in [-0.2, -0.15) is 0 Å². The van der Waals surface area contributed by atoms with Gasteiger partial charge in [0.05, 0.1) is 0 Å². The third-order valence-corrected chi connectivity index (χ3v) is 4.02. The molecule has 3 rings (SSSR count). The average Bonchev–Trinajstić information content (AvgIpc) is 3.23. The van der Waals surface area contributed by atoms with E-state index in [1.54, 1.807) is 6.07 Å². The lowest BCUT2D eigenvalue weighted by molar-refractivity contribution is 0.248. The molecule has 1 aliphatic carbocycles. The standard InChI is InChI=1S/C14H20FN3/c15-13-2-1-3-14(12(13)10-16)18-8-6-17(7-9-18)11-4-5-11/h1-3,11H,4-10,16H2. The fourth-order valence-corrected chi connectivity index (χ4v) is 2.81. The van der Waals surface area contributed by atoms with Crippen LogP contribution in [0.15, 0.2) is 18.2 Å². The predicted octanol–water partition coefficient (Wildman–Crippen LogP) is 1.57. The van der Waals surface area contributed by atoms with E-state index in [2.05, 4.69) is 9.80 Å². The summed E-state index contributed by atoms with van der Waals surface area (Å²) >= 11 is 0. The topological polar surface area (TPSA) is 32.5 Å². The van der Waals surface area contributed by atoms with Gasteiger partial charge in [0.2, 0.25) is 0 Å². The van der Waals surface area contributed by atoms with Gasteiger partial charge in [0.15, 0.2) is 0 Å². The van der Waals surface area contributed by atoms with Crippen molar-refractivity contribution in [3.63, 3.8) is 0 Å². The summed E-state index contributed by atoms with van der Waals surface area (Å²) in [5, 5.41) is 0. The SMILES string of the molecule is NCc1c(F)cccc1N1CCN(C2CC2)CC1. The van der Waals surface area contributed by atoms with Gasteiger partial charge >= 0.3 is 0 Å². The van der Waals surface area contributed by atoms with E-state index in [0.717, 1.165) is 37.9 Å². The first kappa shape index (κ1) is 11.9. The number of hydrogen-bond acceptors (Lipinski definition) is 3. The van der Waals surface area contributed by atoms with Crippen LogP contribution in [0.2, 0.25) is 0 Å². The summed E-state index contributed by atoms with van der Waals surface area (Å²) in [6, 6.07) is 6.08. The molecule has 4 heteroatoms. The summed E-state index contributed by atoms with van der Waals surface area (Å²) in [7, 11) is 0. The molecule has 0 radical (unpaired) electrons. The molecule has 1 saturated heterocycles. The van der Waals surface area contributed by atoms with E-state index in [4.69, 9.17) is 5.73 Å². The Labute approximate surface area is 107 Å². The number of nitrogens with two attached hydrogens (primary N) is 1. The Hall–Kier alpha value is -1.13. The largest absolute Gasteiger partial charge is 0.369 e. The van der Waals surface area contributed by atoms with Crippen LogP contribution < -0.4 is 10.6 Å². The van der Waals surface area contributed by atoms with Gasteiger partial charge in [0.25, 0.3) is 0 Å². The molecule has 1 heterocycles. The first-order valence-corrected chi connectivity index (χ1v) is 6.76. The summed E-state index contributed by atoms with van der Waals surface area (Å²) in [5.74, 6) is -0.181. The third kappa shape index (κ3) is 2.22. The highest BCUT2D eigenvalue weighted by Crippen LogP contribution is 2.29. The number of piperazine rings is 1. The van der Waals surface area contributed by atoms with Gasteiger partial charge in [-0.3, -0.25) is 4.90 Å². The molecule has 2 fully saturated rings. The highest BCUT2D eigenvalue weighted by atomic mass is 19.1. The molecule has 3 nitrogen and oxygen atoms in total. The summed E-state index contributed by atoms with van der Waals surface area (Å²) in [4.78, 5) is 4.82. The van der Waals surface area contributed by atoms with E-state index in [-0.39, 0.29) is 12.4 Å². The number of nitrogens with zero attached hydrogens (tertiary/aromatic N) is 2. The van der Waals surface area contributed by atoms with Crippen LogP contribution in [0.4, 0.5) is 10.1 Å². The summed E-state index contributed by atoms with van der Waals surface area (Å²) < 4.78 is 13.7. The Balaban J connectivity index is 1.73. The van der Waals surface area contributed by atoms with Crippen LogP contribution in [0.5, 0.6) is 0 Å². The van der Waals surface area contributed by atoms with Crippen molar-refractivity contribution in [2.75, 3.05) is 31.1 Å². The number of hydrogen-bond donors (Lipinski definition) is 1. The molecule has 1 aromatic carbocycles. The van der Waals surface area contributed by atoms with Crippen molar-refractivity contribution in [1.82, 2.24) is 4.90 Å². The van der Waals surface area contributed by atoms with Gasteiger partial charge in [0, 0.05) is 50.0 Å². The predicted molar refractivity (Wildman–Crippen MR) is 71.1 cm³/mol. The normalized spacial score (nSPS) is 21.3. The summed E-state index contributed by atoms with van der Waals surface area (Å²) in [6.45, 7) is 4.40. The smallest absolute Gasteiger partial charge is 0.129 e. The fraction of sp³-hybridized carbons (Fsp3) is 0.571. The molecular formula is C14H20FN3. The van der Waals surface area contributed by atoms with E-state index in [1.807, 2.05) is 6.07 Å². The lowest BCUT2D eigenvalue weighted by atomic mass is 10.1. The lowest BCUT2D eigenvalue weighted by Gasteiger charge is -2.37. The van der Waals surface area contributed by atoms with E-state index < -0.39 is 0 Å². The zero-order valence-corrected chi connectivity index (χ0v) is 10.6. The van der Waals surface area contributed by atoms with Crippen molar-refractivity contribution in [1.29, 1.82) is 0 Å². The molecule has 0 unspecified atom stereocenters. The number of rotatable bonds is 3. The van der Waals surface area contributed by atoms with Crippen LogP contribution in [0.25, 0.3) is 0 Å². The van der Waals surface area contributed by atoms with Crippen LogP contribution >= 0.6 is 0 Å². The first-order valence-electron chi connectivity index (χ1n) is 6.76. The number of anilines is 1. The van der Waals surface area contributed by atoms with Crippen molar-refractivity contribution in [2.45, 2.75) is 25.4 Å². The van der Waals surface area contributed by atoms with Crippen LogP contribution in [0.1, 0.15) is 18.4 Å². The van der Waals surface area contributed by atoms with Crippen LogP contribution in [-0.4, -0.2) is 37.1 Å². The van der Waals surface area contributed by atoms with Crippen molar-refractivity contribution in [3.8, 4) is 0 Å². The molecule has 0 amide bonds.